The molecule has 1 amide bonds. The number of benzene rings is 2. The van der Waals surface area contributed by atoms with Gasteiger partial charge in [-0.1, -0.05) is 24.3 Å². The fraction of sp³-hybridized carbons (Fsp3) is 0.190. The smallest absolute Gasteiger partial charge is 0.273 e. The van der Waals surface area contributed by atoms with Gasteiger partial charge in [0, 0.05) is 10.9 Å². The summed E-state index contributed by atoms with van der Waals surface area (Å²) in [4.78, 5) is 17.1. The Bertz CT molecular complexity index is 1030. The van der Waals surface area contributed by atoms with Crippen molar-refractivity contribution in [2.75, 3.05) is 14.2 Å². The number of ether oxygens (including phenoxy) is 2. The van der Waals surface area contributed by atoms with Crippen molar-refractivity contribution >= 4 is 23.0 Å². The molecular weight excluding hydrogens is 342 g/mol. The predicted molar refractivity (Wildman–Crippen MR) is 106 cm³/mol. The van der Waals surface area contributed by atoms with Crippen LogP contribution in [-0.4, -0.2) is 31.3 Å². The lowest BCUT2D eigenvalue weighted by Crippen LogP contribution is -2.19. The topological polar surface area (TPSA) is 72.8 Å². The van der Waals surface area contributed by atoms with Crippen LogP contribution in [0.4, 0.5) is 0 Å². The van der Waals surface area contributed by atoms with Gasteiger partial charge in [0.15, 0.2) is 11.5 Å². The minimum Gasteiger partial charge on any atom is -0.493 e. The zero-order chi connectivity index (χ0) is 19.4. The van der Waals surface area contributed by atoms with Crippen molar-refractivity contribution in [3.8, 4) is 11.5 Å². The summed E-state index contributed by atoms with van der Waals surface area (Å²) in [5, 5.41) is 4.97. The van der Waals surface area contributed by atoms with Gasteiger partial charge in [0.1, 0.15) is 0 Å². The van der Waals surface area contributed by atoms with Gasteiger partial charge < -0.3 is 9.47 Å². The molecule has 0 radical (unpaired) electrons. The van der Waals surface area contributed by atoms with E-state index in [2.05, 4.69) is 15.5 Å². The SMILES string of the molecule is COc1cccc(C=NNC(=O)c2cc3cccc(C)c3nc2C)c1OC. The fourth-order valence-electron chi connectivity index (χ4n) is 2.90. The standard InChI is InChI=1S/C21H21N3O3/c1-13-7-5-8-15-11-17(14(2)23-19(13)15)21(25)24-22-12-16-9-6-10-18(26-3)20(16)27-4/h5-12H,1-4H3,(H,24,25). The number of pyridine rings is 1. The summed E-state index contributed by atoms with van der Waals surface area (Å²) in [6.45, 7) is 3.82. The second-order valence-corrected chi connectivity index (χ2v) is 6.05. The van der Waals surface area contributed by atoms with E-state index in [0.29, 0.717) is 28.3 Å². The third-order valence-electron chi connectivity index (χ3n) is 4.29. The molecular formula is C21H21N3O3. The van der Waals surface area contributed by atoms with Crippen LogP contribution >= 0.6 is 0 Å². The van der Waals surface area contributed by atoms with Crippen LogP contribution in [0, 0.1) is 13.8 Å². The van der Waals surface area contributed by atoms with E-state index in [1.807, 2.05) is 50.2 Å². The monoisotopic (exact) mass is 363 g/mol. The van der Waals surface area contributed by atoms with Crippen molar-refractivity contribution in [1.29, 1.82) is 0 Å². The molecule has 0 saturated carbocycles. The number of nitrogens with one attached hydrogen (secondary N) is 1. The predicted octanol–water partition coefficient (Wildman–Crippen LogP) is 3.63. The third-order valence-corrected chi connectivity index (χ3v) is 4.29. The van der Waals surface area contributed by atoms with Crippen LogP contribution in [0.3, 0.4) is 0 Å². The second-order valence-electron chi connectivity index (χ2n) is 6.05. The number of aromatic nitrogens is 1. The summed E-state index contributed by atoms with van der Waals surface area (Å²) in [5.74, 6) is 0.830. The Morgan fingerprint density at radius 2 is 1.89 bits per heavy atom. The lowest BCUT2D eigenvalue weighted by Gasteiger charge is -2.10. The van der Waals surface area contributed by atoms with Crippen LogP contribution in [0.25, 0.3) is 10.9 Å². The van der Waals surface area contributed by atoms with Crippen LogP contribution in [0.15, 0.2) is 47.6 Å². The first kappa shape index (κ1) is 18.4. The molecule has 0 atom stereocenters. The van der Waals surface area contributed by atoms with Crippen LogP contribution in [0.2, 0.25) is 0 Å². The third kappa shape index (κ3) is 3.74. The molecule has 138 valence electrons. The highest BCUT2D eigenvalue weighted by Gasteiger charge is 2.12. The first-order valence-electron chi connectivity index (χ1n) is 8.46. The number of amides is 1. The van der Waals surface area contributed by atoms with Gasteiger partial charge in [-0.25, -0.2) is 5.43 Å². The van der Waals surface area contributed by atoms with Crippen molar-refractivity contribution in [3.63, 3.8) is 0 Å². The largest absolute Gasteiger partial charge is 0.493 e. The Morgan fingerprint density at radius 1 is 1.11 bits per heavy atom. The number of hydrazone groups is 1. The number of hydrogen-bond acceptors (Lipinski definition) is 5. The van der Waals surface area contributed by atoms with Gasteiger partial charge in [0.25, 0.3) is 5.91 Å². The van der Waals surface area contributed by atoms with E-state index >= 15 is 0 Å². The van der Waals surface area contributed by atoms with E-state index in [9.17, 15) is 4.79 Å². The molecule has 6 nitrogen and oxygen atoms in total. The first-order chi connectivity index (χ1) is 13.0. The molecule has 1 aromatic heterocycles. The number of methoxy groups -OCH3 is 2. The molecule has 6 heteroatoms. The van der Waals surface area contributed by atoms with Gasteiger partial charge in [-0.15, -0.1) is 0 Å². The number of nitrogens with zero attached hydrogens (tertiary/aromatic N) is 2. The van der Waals surface area contributed by atoms with Crippen molar-refractivity contribution < 1.29 is 14.3 Å². The van der Waals surface area contributed by atoms with Crippen LogP contribution in [0.1, 0.15) is 27.2 Å². The molecule has 0 aliphatic carbocycles. The average molecular weight is 363 g/mol. The van der Waals surface area contributed by atoms with Crippen LogP contribution in [0.5, 0.6) is 11.5 Å². The summed E-state index contributed by atoms with van der Waals surface area (Å²) >= 11 is 0. The molecule has 0 aliphatic rings. The lowest BCUT2D eigenvalue weighted by molar-refractivity contribution is 0.0954. The fourth-order valence-corrected chi connectivity index (χ4v) is 2.90. The van der Waals surface area contributed by atoms with E-state index in [1.165, 1.54) is 6.21 Å². The Labute approximate surface area is 157 Å². The molecule has 27 heavy (non-hydrogen) atoms. The Hall–Kier alpha value is -3.41. The molecule has 0 spiro atoms. The summed E-state index contributed by atoms with van der Waals surface area (Å²) in [5.41, 5.74) is 6.36. The molecule has 2 aromatic carbocycles. The summed E-state index contributed by atoms with van der Waals surface area (Å²) in [6.07, 6.45) is 1.52. The van der Waals surface area contributed by atoms with Crippen LogP contribution < -0.4 is 14.9 Å². The number of aryl methyl sites for hydroxylation is 2. The van der Waals surface area contributed by atoms with Crippen LogP contribution in [-0.2, 0) is 0 Å². The lowest BCUT2D eigenvalue weighted by atomic mass is 10.1. The molecule has 1 heterocycles. The molecule has 1 N–H and O–H groups in total. The maximum Gasteiger partial charge on any atom is 0.273 e. The second kappa shape index (κ2) is 7.86. The van der Waals surface area contributed by atoms with E-state index in [-0.39, 0.29) is 5.91 Å². The number of rotatable bonds is 5. The Morgan fingerprint density at radius 3 is 2.63 bits per heavy atom. The van der Waals surface area contributed by atoms with E-state index < -0.39 is 0 Å². The Kier molecular flexibility index (Phi) is 5.35. The summed E-state index contributed by atoms with van der Waals surface area (Å²) in [6, 6.07) is 13.2. The van der Waals surface area contributed by atoms with E-state index in [0.717, 1.165) is 16.5 Å². The van der Waals surface area contributed by atoms with Crippen molar-refractivity contribution in [2.45, 2.75) is 13.8 Å². The molecule has 3 rings (SSSR count). The summed E-state index contributed by atoms with van der Waals surface area (Å²) in [7, 11) is 3.12. The van der Waals surface area contributed by atoms with Gasteiger partial charge >= 0.3 is 0 Å². The first-order valence-corrected chi connectivity index (χ1v) is 8.46. The van der Waals surface area contributed by atoms with E-state index in [4.69, 9.17) is 9.47 Å². The molecule has 0 fully saturated rings. The highest BCUT2D eigenvalue weighted by atomic mass is 16.5. The molecule has 0 saturated heterocycles. The highest BCUT2D eigenvalue weighted by molar-refractivity contribution is 5.99. The molecule has 0 aliphatic heterocycles. The normalized spacial score (nSPS) is 11.0. The number of fused-ring (bicyclic) bond motifs is 1. The minimum absolute atomic E-state index is 0.318. The quantitative estimate of drug-likeness (QED) is 0.555. The van der Waals surface area contributed by atoms with Gasteiger partial charge in [-0.3, -0.25) is 9.78 Å². The van der Waals surface area contributed by atoms with Crippen molar-refractivity contribution in [3.05, 3.63) is 64.8 Å². The number of hydrogen-bond donors (Lipinski definition) is 1. The maximum absolute atomic E-state index is 12.5. The van der Waals surface area contributed by atoms with Crippen molar-refractivity contribution in [2.24, 2.45) is 5.10 Å². The molecule has 3 aromatic rings. The maximum atomic E-state index is 12.5. The minimum atomic E-state index is -0.318. The van der Waals surface area contributed by atoms with Gasteiger partial charge in [-0.05, 0) is 37.6 Å². The zero-order valence-electron chi connectivity index (χ0n) is 15.7. The zero-order valence-corrected chi connectivity index (χ0v) is 15.7. The molecule has 0 bridgehead atoms. The van der Waals surface area contributed by atoms with E-state index in [1.54, 1.807) is 20.3 Å². The van der Waals surface area contributed by atoms with Gasteiger partial charge in [0.05, 0.1) is 37.2 Å². The summed E-state index contributed by atoms with van der Waals surface area (Å²) < 4.78 is 10.6. The Balaban J connectivity index is 1.83. The highest BCUT2D eigenvalue weighted by Crippen LogP contribution is 2.29. The molecule has 0 unspecified atom stereocenters. The number of para-hydroxylation sites is 2. The van der Waals surface area contributed by atoms with Gasteiger partial charge in [0.2, 0.25) is 0 Å². The number of carbonyl (C=O) groups is 1. The number of carbonyl (C=O) groups excluding carboxylic acids is 1. The average Bonchev–Trinajstić information content (AvgIpc) is 2.67. The van der Waals surface area contributed by atoms with Crippen molar-refractivity contribution in [1.82, 2.24) is 10.4 Å². The van der Waals surface area contributed by atoms with Gasteiger partial charge in [-0.2, -0.15) is 5.10 Å².